The molecule has 11 nitrogen and oxygen atoms in total. The molecule has 5 rings (SSSR count). The predicted molar refractivity (Wildman–Crippen MR) is 185 cm³/mol. The molecule has 0 bridgehead atoms. The lowest BCUT2D eigenvalue weighted by Gasteiger charge is -2.32. The molecule has 4 aromatic rings. The second-order valence-electron chi connectivity index (χ2n) is 11.4. The molecule has 4 N–H and O–H groups in total. The van der Waals surface area contributed by atoms with Crippen molar-refractivity contribution in [3.8, 4) is 5.75 Å². The first-order chi connectivity index (χ1) is 22.4. The molecular weight excluding hydrogens is 600 g/mol. The summed E-state index contributed by atoms with van der Waals surface area (Å²) in [6.45, 7) is 2.05. The molecule has 1 aromatic heterocycles. The number of amides is 1. The number of hydrogen-bond donors (Lipinski definition) is 4. The minimum Gasteiger partial charge on any atom is -0.494 e. The van der Waals surface area contributed by atoms with Gasteiger partial charge >= 0.3 is 5.13 Å². The largest absolute Gasteiger partial charge is 0.494 e. The van der Waals surface area contributed by atoms with Crippen molar-refractivity contribution >= 4 is 55.9 Å². The number of aryl methyl sites for hydroxylation is 1. The Morgan fingerprint density at radius 1 is 1.02 bits per heavy atom. The zero-order valence-electron chi connectivity index (χ0n) is 26.9. The number of aliphatic hydroxyl groups excluding tert-OH is 1. The first kappa shape index (κ1) is 32.8. The molecule has 1 saturated carbocycles. The molecule has 0 aliphatic heterocycles. The molecule has 0 unspecified atom stereocenters. The van der Waals surface area contributed by atoms with Gasteiger partial charge in [-0.15, -0.1) is 4.68 Å². The van der Waals surface area contributed by atoms with Crippen LogP contribution in [0, 0.1) is 0 Å². The van der Waals surface area contributed by atoms with Gasteiger partial charge in [-0.05, 0) is 77.2 Å². The van der Waals surface area contributed by atoms with Crippen molar-refractivity contribution < 1.29 is 19.3 Å². The predicted octanol–water partition coefficient (Wildman–Crippen LogP) is 6.86. The van der Waals surface area contributed by atoms with Gasteiger partial charge in [0.25, 0.3) is 0 Å². The van der Waals surface area contributed by atoms with E-state index in [1.807, 2.05) is 26.2 Å². The van der Waals surface area contributed by atoms with Crippen LogP contribution in [0.4, 0.5) is 38.7 Å². The van der Waals surface area contributed by atoms with Crippen LogP contribution in [-0.2, 0) is 18.3 Å². The number of hydrogen-bond acceptors (Lipinski definition) is 10. The molecule has 1 heterocycles. The monoisotopic (exact) mass is 643 g/mol. The van der Waals surface area contributed by atoms with E-state index in [1.165, 1.54) is 48.6 Å². The third-order valence-electron chi connectivity index (χ3n) is 8.05. The number of benzene rings is 3. The number of rotatable bonds is 13. The average Bonchev–Trinajstić information content (AvgIpc) is 3.44. The summed E-state index contributed by atoms with van der Waals surface area (Å²) in [4.78, 5) is 14.4. The van der Waals surface area contributed by atoms with Crippen molar-refractivity contribution in [2.75, 3.05) is 48.2 Å². The molecule has 12 heteroatoms. The summed E-state index contributed by atoms with van der Waals surface area (Å²) >= 11 is 1.43. The number of nitrogens with one attached hydrogen (secondary N) is 3. The zero-order valence-corrected chi connectivity index (χ0v) is 27.7. The highest BCUT2D eigenvalue weighted by Gasteiger charge is 2.27. The number of aromatic nitrogens is 2. The Morgan fingerprint density at radius 3 is 2.30 bits per heavy atom. The zero-order chi connectivity index (χ0) is 32.5. The minimum atomic E-state index is -0.225. The van der Waals surface area contributed by atoms with Gasteiger partial charge in [0.05, 0.1) is 30.2 Å². The second kappa shape index (κ2) is 15.6. The number of azo groups is 1. The van der Waals surface area contributed by atoms with E-state index in [0.29, 0.717) is 40.5 Å². The highest BCUT2D eigenvalue weighted by atomic mass is 32.1. The topological polar surface area (TPSA) is 127 Å². The summed E-state index contributed by atoms with van der Waals surface area (Å²) < 4.78 is 7.42. The number of anilines is 5. The van der Waals surface area contributed by atoms with Crippen molar-refractivity contribution in [1.29, 1.82) is 0 Å². The van der Waals surface area contributed by atoms with E-state index in [-0.39, 0.29) is 12.5 Å². The van der Waals surface area contributed by atoms with Gasteiger partial charge < -0.3 is 30.7 Å². The van der Waals surface area contributed by atoms with Gasteiger partial charge in [0.1, 0.15) is 18.5 Å². The van der Waals surface area contributed by atoms with Gasteiger partial charge in [0, 0.05) is 44.0 Å². The maximum atomic E-state index is 12.2. The summed E-state index contributed by atoms with van der Waals surface area (Å²) in [6.07, 6.45) is 6.65. The molecular formula is C34H43N8O3S+. The molecule has 0 radical (unpaired) electrons. The minimum absolute atomic E-state index is 0.0621. The fourth-order valence-corrected chi connectivity index (χ4v) is 6.61. The van der Waals surface area contributed by atoms with Crippen LogP contribution in [0.5, 0.6) is 5.75 Å². The van der Waals surface area contributed by atoms with Crippen LogP contribution in [0.1, 0.15) is 50.2 Å². The molecule has 0 saturated heterocycles. The summed E-state index contributed by atoms with van der Waals surface area (Å²) in [5.41, 5.74) is 6.03. The summed E-state index contributed by atoms with van der Waals surface area (Å²) in [6, 6.07) is 20.6. The van der Waals surface area contributed by atoms with Gasteiger partial charge in [0.15, 0.2) is 0 Å². The fourth-order valence-electron chi connectivity index (χ4n) is 5.67. The second-order valence-corrected chi connectivity index (χ2v) is 12.3. The van der Waals surface area contributed by atoms with Gasteiger partial charge in [-0.1, -0.05) is 48.6 Å². The summed E-state index contributed by atoms with van der Waals surface area (Å²) in [7, 11) is 5.34. The molecule has 1 amide bonds. The number of methoxy groups -OCH3 is 1. The van der Waals surface area contributed by atoms with Gasteiger partial charge in [-0.3, -0.25) is 4.79 Å². The van der Waals surface area contributed by atoms with Crippen LogP contribution >= 0.6 is 11.3 Å². The number of carbonyl (C=O) groups is 1. The number of carbonyl (C=O) groups excluding carboxylic acids is 1. The maximum absolute atomic E-state index is 12.2. The van der Waals surface area contributed by atoms with Crippen molar-refractivity contribution in [2.24, 2.45) is 17.3 Å². The molecule has 0 spiro atoms. The molecule has 1 aliphatic carbocycles. The maximum Gasteiger partial charge on any atom is 0.431 e. The summed E-state index contributed by atoms with van der Waals surface area (Å²) in [5, 5.41) is 34.3. The third-order valence-corrected chi connectivity index (χ3v) is 9.08. The van der Waals surface area contributed by atoms with Crippen LogP contribution in [-0.4, -0.2) is 49.5 Å². The van der Waals surface area contributed by atoms with Crippen LogP contribution < -0.4 is 30.3 Å². The first-order valence-corrected chi connectivity index (χ1v) is 16.5. The van der Waals surface area contributed by atoms with E-state index < -0.39 is 0 Å². The van der Waals surface area contributed by atoms with Crippen LogP contribution in [0.3, 0.4) is 0 Å². The van der Waals surface area contributed by atoms with E-state index >= 15 is 0 Å². The first-order valence-electron chi connectivity index (χ1n) is 15.7. The number of ether oxygens (including phenoxy) is 1. The molecule has 242 valence electrons. The van der Waals surface area contributed by atoms with E-state index in [0.717, 1.165) is 35.8 Å². The lowest BCUT2D eigenvalue weighted by molar-refractivity contribution is -0.712. The Bertz CT molecular complexity index is 1630. The van der Waals surface area contributed by atoms with Gasteiger partial charge in [-0.25, -0.2) is 0 Å². The highest BCUT2D eigenvalue weighted by Crippen LogP contribution is 2.39. The molecule has 3 aromatic carbocycles. The van der Waals surface area contributed by atoms with E-state index in [2.05, 4.69) is 67.5 Å². The smallest absolute Gasteiger partial charge is 0.431 e. The Balaban J connectivity index is 1.35. The van der Waals surface area contributed by atoms with Crippen molar-refractivity contribution in [3.63, 3.8) is 0 Å². The molecule has 0 atom stereocenters. The molecule has 1 aliphatic rings. The standard InChI is InChI=1S/C34H42N8O3S/c1-23(44)36-29-21-31(37-27-16-12-25(13-17-27)20-24-10-14-26(35-2)15-11-24)32(45-4)22-30(29)38-39-33-41(3)40-34(46-33)42(18-19-43)28-8-6-5-7-9-28/h10-17,21-22,28,35,43H,5-9,18-20H2,1-4H3,(H,36,37,44)/p+1. The highest BCUT2D eigenvalue weighted by molar-refractivity contribution is 7.18. The normalized spacial score (nSPS) is 13.5. The van der Waals surface area contributed by atoms with E-state index in [9.17, 15) is 9.90 Å². The number of aliphatic hydroxyl groups is 1. The van der Waals surface area contributed by atoms with Crippen molar-refractivity contribution in [3.05, 3.63) is 71.8 Å². The van der Waals surface area contributed by atoms with Gasteiger partial charge in [0.2, 0.25) is 11.0 Å². The fraction of sp³-hybridized carbons (Fsp3) is 0.382. The average molecular weight is 644 g/mol. The van der Waals surface area contributed by atoms with Crippen LogP contribution in [0.25, 0.3) is 0 Å². The summed E-state index contributed by atoms with van der Waals surface area (Å²) in [5.74, 6) is 0.329. The van der Waals surface area contributed by atoms with E-state index in [1.54, 1.807) is 23.9 Å². The van der Waals surface area contributed by atoms with Gasteiger partial charge in [-0.2, -0.15) is 0 Å². The Hall–Kier alpha value is -4.55. The van der Waals surface area contributed by atoms with Crippen molar-refractivity contribution in [2.45, 2.75) is 51.5 Å². The quantitative estimate of drug-likeness (QED) is 0.0926. The molecule has 1 fully saturated rings. The lowest BCUT2D eigenvalue weighted by Crippen LogP contribution is -2.40. The third kappa shape index (κ3) is 8.38. The SMILES string of the molecule is CNc1ccc(Cc2ccc(Nc3cc(NC(C)=O)c(N=Nc4sc(N(CCO)C5CCCCC5)n[n+]4C)cc3OC)cc2)cc1. The Labute approximate surface area is 274 Å². The van der Waals surface area contributed by atoms with E-state index in [4.69, 9.17) is 9.84 Å². The molecule has 46 heavy (non-hydrogen) atoms. The number of nitrogens with zero attached hydrogens (tertiary/aromatic N) is 5. The Kier molecular flexibility index (Phi) is 11.2. The van der Waals surface area contributed by atoms with Crippen LogP contribution in [0.2, 0.25) is 0 Å². The lowest BCUT2D eigenvalue weighted by atomic mass is 9.94. The van der Waals surface area contributed by atoms with Crippen LogP contribution in [0.15, 0.2) is 70.9 Å². The van der Waals surface area contributed by atoms with Crippen molar-refractivity contribution in [1.82, 2.24) is 5.10 Å². The Morgan fingerprint density at radius 2 is 1.70 bits per heavy atom.